The molecule has 0 bridgehead atoms. The SMILES string of the molecule is Nc1ccn(CC(=O)NCC2Cc3ccccc3O2)n1. The summed E-state index contributed by atoms with van der Waals surface area (Å²) in [4.78, 5) is 11.8. The summed E-state index contributed by atoms with van der Waals surface area (Å²) in [6.45, 7) is 0.654. The van der Waals surface area contributed by atoms with E-state index in [2.05, 4.69) is 10.4 Å². The zero-order chi connectivity index (χ0) is 13.9. The number of nitrogens with one attached hydrogen (secondary N) is 1. The van der Waals surface area contributed by atoms with Crippen LogP contribution < -0.4 is 15.8 Å². The first-order valence-corrected chi connectivity index (χ1v) is 6.51. The average molecular weight is 272 g/mol. The predicted molar refractivity (Wildman–Crippen MR) is 74.2 cm³/mol. The molecule has 0 radical (unpaired) electrons. The van der Waals surface area contributed by atoms with E-state index in [1.165, 1.54) is 10.2 Å². The Morgan fingerprint density at radius 2 is 2.30 bits per heavy atom. The highest BCUT2D eigenvalue weighted by Gasteiger charge is 2.22. The zero-order valence-electron chi connectivity index (χ0n) is 11.0. The Labute approximate surface area is 116 Å². The second-order valence-corrected chi connectivity index (χ2v) is 4.79. The van der Waals surface area contributed by atoms with Crippen molar-refractivity contribution in [2.75, 3.05) is 12.3 Å². The number of nitrogen functional groups attached to an aromatic ring is 1. The molecule has 1 unspecified atom stereocenters. The molecule has 1 aliphatic heterocycles. The fraction of sp³-hybridized carbons (Fsp3) is 0.286. The van der Waals surface area contributed by atoms with Crippen LogP contribution in [0.15, 0.2) is 36.5 Å². The van der Waals surface area contributed by atoms with Crippen molar-refractivity contribution >= 4 is 11.7 Å². The van der Waals surface area contributed by atoms with Gasteiger partial charge < -0.3 is 15.8 Å². The molecule has 0 saturated heterocycles. The number of carbonyl (C=O) groups is 1. The summed E-state index contributed by atoms with van der Waals surface area (Å²) in [5, 5.41) is 6.82. The molecule has 0 spiro atoms. The second-order valence-electron chi connectivity index (χ2n) is 4.79. The van der Waals surface area contributed by atoms with Crippen molar-refractivity contribution in [2.24, 2.45) is 0 Å². The third-order valence-corrected chi connectivity index (χ3v) is 3.21. The Kier molecular flexibility index (Phi) is 3.28. The van der Waals surface area contributed by atoms with E-state index in [1.54, 1.807) is 12.3 Å². The summed E-state index contributed by atoms with van der Waals surface area (Å²) in [7, 11) is 0. The fourth-order valence-corrected chi connectivity index (χ4v) is 2.26. The van der Waals surface area contributed by atoms with Gasteiger partial charge in [0, 0.05) is 12.6 Å². The van der Waals surface area contributed by atoms with Crippen molar-refractivity contribution in [3.63, 3.8) is 0 Å². The van der Waals surface area contributed by atoms with Gasteiger partial charge in [0.2, 0.25) is 5.91 Å². The molecular weight excluding hydrogens is 256 g/mol. The summed E-state index contributed by atoms with van der Waals surface area (Å²) in [6.07, 6.45) is 2.50. The third-order valence-electron chi connectivity index (χ3n) is 3.21. The highest BCUT2D eigenvalue weighted by Crippen LogP contribution is 2.27. The number of amides is 1. The molecule has 6 heteroatoms. The van der Waals surface area contributed by atoms with Gasteiger partial charge in [0.05, 0.1) is 6.54 Å². The number of rotatable bonds is 4. The number of fused-ring (bicyclic) bond motifs is 1. The van der Waals surface area contributed by atoms with E-state index in [0.717, 1.165) is 12.2 Å². The maximum atomic E-state index is 11.8. The lowest BCUT2D eigenvalue weighted by Gasteiger charge is -2.11. The van der Waals surface area contributed by atoms with Gasteiger partial charge >= 0.3 is 0 Å². The first-order chi connectivity index (χ1) is 9.70. The van der Waals surface area contributed by atoms with E-state index in [0.29, 0.717) is 12.4 Å². The monoisotopic (exact) mass is 272 g/mol. The number of ether oxygens (including phenoxy) is 1. The van der Waals surface area contributed by atoms with Crippen molar-refractivity contribution in [3.8, 4) is 5.75 Å². The molecular formula is C14H16N4O2. The van der Waals surface area contributed by atoms with Gasteiger partial charge in [0.1, 0.15) is 24.2 Å². The van der Waals surface area contributed by atoms with Crippen LogP contribution in [0.3, 0.4) is 0 Å². The summed E-state index contributed by atoms with van der Waals surface area (Å²) in [6, 6.07) is 9.59. The van der Waals surface area contributed by atoms with Crippen LogP contribution in [0.25, 0.3) is 0 Å². The van der Waals surface area contributed by atoms with Gasteiger partial charge in [-0.2, -0.15) is 5.10 Å². The molecule has 20 heavy (non-hydrogen) atoms. The number of aromatic nitrogens is 2. The Bertz CT molecular complexity index is 598. The number of benzene rings is 1. The van der Waals surface area contributed by atoms with E-state index >= 15 is 0 Å². The standard InChI is InChI=1S/C14H16N4O2/c15-13-5-6-18(17-13)9-14(19)16-8-11-7-10-3-1-2-4-12(10)20-11/h1-6,11H,7-9H2,(H2,15,17)(H,16,19). The normalized spacial score (nSPS) is 16.5. The molecule has 2 heterocycles. The van der Waals surface area contributed by atoms with Crippen LogP contribution in [0, 0.1) is 0 Å². The molecule has 1 aromatic heterocycles. The summed E-state index contributed by atoms with van der Waals surface area (Å²) >= 11 is 0. The molecule has 3 rings (SSSR count). The van der Waals surface area contributed by atoms with Gasteiger partial charge in [-0.3, -0.25) is 9.48 Å². The molecule has 1 aliphatic rings. The van der Waals surface area contributed by atoms with Gasteiger partial charge in [0.15, 0.2) is 0 Å². The molecule has 0 aliphatic carbocycles. The lowest BCUT2D eigenvalue weighted by molar-refractivity contribution is -0.122. The Morgan fingerprint density at radius 1 is 1.45 bits per heavy atom. The van der Waals surface area contributed by atoms with Crippen LogP contribution in [0.1, 0.15) is 5.56 Å². The molecule has 1 atom stereocenters. The number of nitrogens with two attached hydrogens (primary N) is 1. The smallest absolute Gasteiger partial charge is 0.241 e. The van der Waals surface area contributed by atoms with Crippen molar-refractivity contribution in [3.05, 3.63) is 42.1 Å². The summed E-state index contributed by atoms with van der Waals surface area (Å²) < 4.78 is 7.26. The molecule has 3 N–H and O–H groups in total. The van der Waals surface area contributed by atoms with Crippen LogP contribution in [-0.2, 0) is 17.8 Å². The van der Waals surface area contributed by atoms with Crippen molar-refractivity contribution in [1.82, 2.24) is 15.1 Å². The Hall–Kier alpha value is -2.50. The third kappa shape index (κ3) is 2.74. The maximum Gasteiger partial charge on any atom is 0.241 e. The average Bonchev–Trinajstić information content (AvgIpc) is 3.02. The maximum absolute atomic E-state index is 11.8. The first kappa shape index (κ1) is 12.5. The lowest BCUT2D eigenvalue weighted by atomic mass is 10.1. The van der Waals surface area contributed by atoms with Crippen LogP contribution in [0.2, 0.25) is 0 Å². The van der Waals surface area contributed by atoms with Gasteiger partial charge in [-0.1, -0.05) is 18.2 Å². The van der Waals surface area contributed by atoms with E-state index < -0.39 is 0 Å². The number of nitrogens with zero attached hydrogens (tertiary/aromatic N) is 2. The summed E-state index contributed by atoms with van der Waals surface area (Å²) in [5.74, 6) is 1.21. The molecule has 1 aromatic carbocycles. The van der Waals surface area contributed by atoms with Crippen molar-refractivity contribution in [2.45, 2.75) is 19.1 Å². The number of para-hydroxylation sites is 1. The Morgan fingerprint density at radius 3 is 3.05 bits per heavy atom. The minimum absolute atomic E-state index is 0.000888. The van der Waals surface area contributed by atoms with Gasteiger partial charge in [-0.25, -0.2) is 0 Å². The van der Waals surface area contributed by atoms with E-state index in [1.807, 2.05) is 24.3 Å². The second kappa shape index (κ2) is 5.24. The minimum atomic E-state index is -0.104. The van der Waals surface area contributed by atoms with Gasteiger partial charge in [-0.15, -0.1) is 0 Å². The Balaban J connectivity index is 1.48. The van der Waals surface area contributed by atoms with E-state index in [-0.39, 0.29) is 18.6 Å². The first-order valence-electron chi connectivity index (χ1n) is 6.51. The van der Waals surface area contributed by atoms with E-state index in [9.17, 15) is 4.79 Å². The number of hydrogen-bond donors (Lipinski definition) is 2. The largest absolute Gasteiger partial charge is 0.488 e. The van der Waals surface area contributed by atoms with Crippen LogP contribution >= 0.6 is 0 Å². The number of hydrogen-bond acceptors (Lipinski definition) is 4. The number of anilines is 1. The molecule has 6 nitrogen and oxygen atoms in total. The van der Waals surface area contributed by atoms with Crippen LogP contribution in [0.5, 0.6) is 5.75 Å². The number of carbonyl (C=O) groups excluding carboxylic acids is 1. The lowest BCUT2D eigenvalue weighted by Crippen LogP contribution is -2.36. The zero-order valence-corrected chi connectivity index (χ0v) is 11.0. The van der Waals surface area contributed by atoms with Crippen molar-refractivity contribution < 1.29 is 9.53 Å². The topological polar surface area (TPSA) is 82.2 Å². The summed E-state index contributed by atoms with van der Waals surface area (Å²) in [5.41, 5.74) is 6.68. The van der Waals surface area contributed by atoms with Gasteiger partial charge in [-0.05, 0) is 17.7 Å². The molecule has 0 saturated carbocycles. The molecule has 2 aromatic rings. The van der Waals surface area contributed by atoms with Gasteiger partial charge in [0.25, 0.3) is 0 Å². The highest BCUT2D eigenvalue weighted by molar-refractivity contribution is 5.75. The quantitative estimate of drug-likeness (QED) is 0.853. The molecule has 0 fully saturated rings. The van der Waals surface area contributed by atoms with Crippen LogP contribution in [-0.4, -0.2) is 28.3 Å². The fourth-order valence-electron chi connectivity index (χ4n) is 2.26. The molecule has 104 valence electrons. The highest BCUT2D eigenvalue weighted by atomic mass is 16.5. The predicted octanol–water partition coefficient (Wildman–Crippen LogP) is 0.585. The van der Waals surface area contributed by atoms with E-state index in [4.69, 9.17) is 10.5 Å². The molecule has 1 amide bonds. The van der Waals surface area contributed by atoms with Crippen molar-refractivity contribution in [1.29, 1.82) is 0 Å². The minimum Gasteiger partial charge on any atom is -0.488 e. The van der Waals surface area contributed by atoms with Crippen LogP contribution in [0.4, 0.5) is 5.82 Å².